The number of carbonyl (C=O) groups excluding carboxylic acids is 1. The molecule has 132 valence electrons. The first kappa shape index (κ1) is 16.5. The van der Waals surface area contributed by atoms with Crippen LogP contribution < -0.4 is 11.1 Å². The normalized spacial score (nSPS) is 11.3. The molecule has 0 atom stereocenters. The minimum absolute atomic E-state index is 0.245. The molecule has 0 saturated heterocycles. The Hall–Kier alpha value is -2.97. The van der Waals surface area contributed by atoms with Crippen molar-refractivity contribution < 1.29 is 4.79 Å². The summed E-state index contributed by atoms with van der Waals surface area (Å²) in [6, 6.07) is 5.56. The van der Waals surface area contributed by atoms with Crippen LogP contribution in [-0.4, -0.2) is 43.7 Å². The second-order valence-electron chi connectivity index (χ2n) is 5.83. The summed E-state index contributed by atoms with van der Waals surface area (Å²) in [5, 5.41) is 8.83. The van der Waals surface area contributed by atoms with Crippen LogP contribution in [0.3, 0.4) is 0 Å². The number of rotatable bonds is 4. The van der Waals surface area contributed by atoms with Crippen LogP contribution in [0.1, 0.15) is 10.4 Å². The lowest BCUT2D eigenvalue weighted by Crippen LogP contribution is -2.28. The average Bonchev–Trinajstić information content (AvgIpc) is 3.20. The van der Waals surface area contributed by atoms with Gasteiger partial charge in [0.25, 0.3) is 5.91 Å². The van der Waals surface area contributed by atoms with E-state index < -0.39 is 0 Å². The zero-order valence-corrected chi connectivity index (χ0v) is 14.7. The van der Waals surface area contributed by atoms with Gasteiger partial charge in [-0.25, -0.2) is 9.97 Å². The average molecular weight is 370 g/mol. The summed E-state index contributed by atoms with van der Waals surface area (Å²) >= 11 is 6.08. The topological polar surface area (TPSA) is 115 Å². The molecular formula is C17H16ClN7O. The Morgan fingerprint density at radius 2 is 2.27 bits per heavy atom. The van der Waals surface area contributed by atoms with Gasteiger partial charge in [0.2, 0.25) is 0 Å². The molecule has 3 heterocycles. The van der Waals surface area contributed by atoms with Gasteiger partial charge in [-0.2, -0.15) is 5.10 Å². The first-order chi connectivity index (χ1) is 12.6. The van der Waals surface area contributed by atoms with Crippen molar-refractivity contribution >= 4 is 39.6 Å². The lowest BCUT2D eigenvalue weighted by molar-refractivity contribution is 0.0956. The zero-order valence-electron chi connectivity index (χ0n) is 14.0. The molecule has 1 amide bonds. The summed E-state index contributed by atoms with van der Waals surface area (Å²) in [6.07, 6.45) is 3.23. The third-order valence-electron chi connectivity index (χ3n) is 4.11. The number of hydrogen-bond donors (Lipinski definition) is 3. The fourth-order valence-electron chi connectivity index (χ4n) is 2.88. The third kappa shape index (κ3) is 2.69. The summed E-state index contributed by atoms with van der Waals surface area (Å²) in [5.41, 5.74) is 9.05. The Balaban J connectivity index is 1.84. The third-order valence-corrected chi connectivity index (χ3v) is 4.35. The molecule has 0 aliphatic rings. The zero-order chi connectivity index (χ0) is 18.3. The van der Waals surface area contributed by atoms with Crippen LogP contribution in [0.2, 0.25) is 5.02 Å². The van der Waals surface area contributed by atoms with Crippen molar-refractivity contribution in [3.8, 4) is 11.4 Å². The number of nitrogens with one attached hydrogen (secondary N) is 2. The van der Waals surface area contributed by atoms with E-state index in [2.05, 4.69) is 25.4 Å². The number of halogens is 1. The van der Waals surface area contributed by atoms with E-state index in [0.717, 1.165) is 10.9 Å². The number of H-pyrrole nitrogens is 1. The van der Waals surface area contributed by atoms with Crippen LogP contribution in [-0.2, 0) is 7.05 Å². The Labute approximate surface area is 153 Å². The Bertz CT molecular complexity index is 1130. The minimum Gasteiger partial charge on any atom is -0.351 e. The molecule has 0 radical (unpaired) electrons. The molecule has 4 rings (SSSR count). The molecule has 0 saturated carbocycles. The molecule has 3 aromatic heterocycles. The van der Waals surface area contributed by atoms with Gasteiger partial charge in [0.15, 0.2) is 5.65 Å². The summed E-state index contributed by atoms with van der Waals surface area (Å²) < 4.78 is 1.74. The minimum atomic E-state index is -0.245. The Morgan fingerprint density at radius 3 is 3.08 bits per heavy atom. The fourth-order valence-corrected chi connectivity index (χ4v) is 3.05. The number of aromatic amines is 1. The highest BCUT2D eigenvalue weighted by Gasteiger charge is 2.17. The number of nitrogens with two attached hydrogens (primary N) is 1. The molecule has 0 aliphatic heterocycles. The predicted molar refractivity (Wildman–Crippen MR) is 100.0 cm³/mol. The Morgan fingerprint density at radius 1 is 1.42 bits per heavy atom. The van der Waals surface area contributed by atoms with Crippen molar-refractivity contribution in [1.29, 1.82) is 0 Å². The highest BCUT2D eigenvalue weighted by molar-refractivity contribution is 6.31. The number of fused-ring (bicyclic) bond motifs is 2. The maximum absolute atomic E-state index is 12.3. The SMILES string of the molecule is Cn1nc(-c2cnc3[nH]cc(C(=O)NCCN)c3n2)c2ccc(Cl)cc21. The second kappa shape index (κ2) is 6.40. The van der Waals surface area contributed by atoms with Crippen molar-refractivity contribution in [1.82, 2.24) is 30.0 Å². The molecule has 9 heteroatoms. The van der Waals surface area contributed by atoms with Crippen LogP contribution >= 0.6 is 11.6 Å². The molecular weight excluding hydrogens is 354 g/mol. The summed E-state index contributed by atoms with van der Waals surface area (Å²) in [7, 11) is 1.84. The highest BCUT2D eigenvalue weighted by Crippen LogP contribution is 2.29. The first-order valence-corrected chi connectivity index (χ1v) is 8.41. The number of carbonyl (C=O) groups is 1. The number of aryl methyl sites for hydroxylation is 1. The van der Waals surface area contributed by atoms with E-state index in [1.54, 1.807) is 17.1 Å². The molecule has 8 nitrogen and oxygen atoms in total. The molecule has 1 aromatic carbocycles. The maximum atomic E-state index is 12.3. The monoisotopic (exact) mass is 369 g/mol. The van der Waals surface area contributed by atoms with Gasteiger partial charge in [0.1, 0.15) is 16.9 Å². The molecule has 0 fully saturated rings. The van der Waals surface area contributed by atoms with Crippen LogP contribution in [0.15, 0.2) is 30.6 Å². The number of nitrogens with zero attached hydrogens (tertiary/aromatic N) is 4. The quantitative estimate of drug-likeness (QED) is 0.508. The van der Waals surface area contributed by atoms with Gasteiger partial charge < -0.3 is 16.0 Å². The molecule has 0 aliphatic carbocycles. The number of amides is 1. The van der Waals surface area contributed by atoms with Crippen LogP contribution in [0.25, 0.3) is 33.5 Å². The molecule has 26 heavy (non-hydrogen) atoms. The largest absolute Gasteiger partial charge is 0.351 e. The summed E-state index contributed by atoms with van der Waals surface area (Å²) in [4.78, 5) is 24.3. The van der Waals surface area contributed by atoms with Crippen LogP contribution in [0, 0.1) is 0 Å². The number of hydrogen-bond acceptors (Lipinski definition) is 5. The van der Waals surface area contributed by atoms with Crippen molar-refractivity contribution in [3.63, 3.8) is 0 Å². The van der Waals surface area contributed by atoms with Gasteiger partial charge >= 0.3 is 0 Å². The van der Waals surface area contributed by atoms with Gasteiger partial charge in [-0.3, -0.25) is 9.48 Å². The van der Waals surface area contributed by atoms with E-state index in [1.165, 1.54) is 0 Å². The van der Waals surface area contributed by atoms with E-state index in [-0.39, 0.29) is 5.91 Å². The van der Waals surface area contributed by atoms with Crippen LogP contribution in [0.4, 0.5) is 0 Å². The van der Waals surface area contributed by atoms with E-state index in [9.17, 15) is 4.79 Å². The molecule has 0 spiro atoms. The number of aromatic nitrogens is 5. The summed E-state index contributed by atoms with van der Waals surface area (Å²) in [6.45, 7) is 0.762. The van der Waals surface area contributed by atoms with Crippen molar-refractivity contribution in [3.05, 3.63) is 41.2 Å². The van der Waals surface area contributed by atoms with Crippen molar-refractivity contribution in [2.24, 2.45) is 12.8 Å². The molecule has 4 aromatic rings. The van der Waals surface area contributed by atoms with E-state index in [0.29, 0.717) is 46.2 Å². The van der Waals surface area contributed by atoms with E-state index in [4.69, 9.17) is 17.3 Å². The van der Waals surface area contributed by atoms with Gasteiger partial charge in [0.05, 0.1) is 17.3 Å². The molecule has 4 N–H and O–H groups in total. The van der Waals surface area contributed by atoms with Gasteiger partial charge in [-0.15, -0.1) is 0 Å². The lowest BCUT2D eigenvalue weighted by Gasteiger charge is -2.02. The molecule has 0 bridgehead atoms. The van der Waals surface area contributed by atoms with Crippen LogP contribution in [0.5, 0.6) is 0 Å². The van der Waals surface area contributed by atoms with E-state index in [1.807, 2.05) is 25.2 Å². The Kier molecular flexibility index (Phi) is 4.06. The standard InChI is InChI=1S/C17H16ClN7O/c1-25-13-6-9(18)2-3-10(13)14(24-25)12-8-22-16-15(23-12)11(7-21-16)17(26)20-5-4-19/h2-3,6-8H,4-5,19H2,1H3,(H,20,26)(H,21,22). The van der Waals surface area contributed by atoms with Crippen molar-refractivity contribution in [2.75, 3.05) is 13.1 Å². The maximum Gasteiger partial charge on any atom is 0.255 e. The summed E-state index contributed by atoms with van der Waals surface area (Å²) in [5.74, 6) is -0.245. The van der Waals surface area contributed by atoms with Gasteiger partial charge in [0, 0.05) is 36.7 Å². The predicted octanol–water partition coefficient (Wildman–Crippen LogP) is 1.85. The van der Waals surface area contributed by atoms with Gasteiger partial charge in [-0.05, 0) is 18.2 Å². The number of benzene rings is 1. The smallest absolute Gasteiger partial charge is 0.255 e. The second-order valence-corrected chi connectivity index (χ2v) is 6.27. The molecule has 0 unspecified atom stereocenters. The lowest BCUT2D eigenvalue weighted by atomic mass is 10.1. The van der Waals surface area contributed by atoms with Gasteiger partial charge in [-0.1, -0.05) is 11.6 Å². The first-order valence-electron chi connectivity index (χ1n) is 8.03. The fraction of sp³-hybridized carbons (Fsp3) is 0.176. The van der Waals surface area contributed by atoms with E-state index >= 15 is 0 Å². The van der Waals surface area contributed by atoms with Crippen molar-refractivity contribution in [2.45, 2.75) is 0 Å². The highest BCUT2D eigenvalue weighted by atomic mass is 35.5.